The van der Waals surface area contributed by atoms with Gasteiger partial charge in [-0.25, -0.2) is 0 Å². The van der Waals surface area contributed by atoms with Crippen molar-refractivity contribution in [2.24, 2.45) is 5.92 Å². The Bertz CT molecular complexity index is 409. The van der Waals surface area contributed by atoms with Gasteiger partial charge in [0.05, 0.1) is 4.92 Å². The van der Waals surface area contributed by atoms with E-state index in [4.69, 9.17) is 11.6 Å². The van der Waals surface area contributed by atoms with Crippen LogP contribution in [0.5, 0.6) is 0 Å². The Hall–Kier alpha value is -1.29. The van der Waals surface area contributed by atoms with Gasteiger partial charge in [-0.05, 0) is 25.0 Å². The van der Waals surface area contributed by atoms with Crippen molar-refractivity contribution < 1.29 is 4.92 Å². The summed E-state index contributed by atoms with van der Waals surface area (Å²) in [4.78, 5) is 10.5. The molecular formula is C12H17ClN2O2. The number of nitro groups is 1. The summed E-state index contributed by atoms with van der Waals surface area (Å²) in [6, 6.07) is 4.71. The van der Waals surface area contributed by atoms with E-state index in [-0.39, 0.29) is 11.7 Å². The van der Waals surface area contributed by atoms with Crippen LogP contribution in [0.2, 0.25) is 5.02 Å². The molecule has 0 aliphatic heterocycles. The van der Waals surface area contributed by atoms with Crippen LogP contribution in [0.4, 0.5) is 11.4 Å². The van der Waals surface area contributed by atoms with Crippen molar-refractivity contribution in [1.29, 1.82) is 0 Å². The molecule has 0 aromatic heterocycles. The lowest BCUT2D eigenvalue weighted by Crippen LogP contribution is -2.23. The van der Waals surface area contributed by atoms with Crippen molar-refractivity contribution in [3.05, 3.63) is 33.3 Å². The number of nitro benzene ring substituents is 1. The molecular weight excluding hydrogens is 240 g/mol. The van der Waals surface area contributed by atoms with Gasteiger partial charge in [0.1, 0.15) is 5.69 Å². The van der Waals surface area contributed by atoms with Gasteiger partial charge in [0.15, 0.2) is 0 Å². The second-order valence-corrected chi connectivity index (χ2v) is 4.67. The molecule has 1 aromatic carbocycles. The van der Waals surface area contributed by atoms with Crippen LogP contribution in [0.3, 0.4) is 0 Å². The average Bonchev–Trinajstić information content (AvgIpc) is 2.27. The number of anilines is 1. The Kier molecular flexibility index (Phi) is 4.75. The molecule has 5 heteroatoms. The lowest BCUT2D eigenvalue weighted by molar-refractivity contribution is -0.384. The fourth-order valence-electron chi connectivity index (χ4n) is 1.52. The van der Waals surface area contributed by atoms with E-state index in [0.29, 0.717) is 16.6 Å². The van der Waals surface area contributed by atoms with Crippen molar-refractivity contribution in [3.63, 3.8) is 0 Å². The van der Waals surface area contributed by atoms with Crippen LogP contribution in [0.25, 0.3) is 0 Å². The molecule has 0 saturated heterocycles. The van der Waals surface area contributed by atoms with E-state index >= 15 is 0 Å². The number of nitrogens with zero attached hydrogens (tertiary/aromatic N) is 1. The number of hydrogen-bond donors (Lipinski definition) is 1. The second-order valence-electron chi connectivity index (χ2n) is 4.24. The lowest BCUT2D eigenvalue weighted by atomic mass is 10.0. The third-order valence-electron chi connectivity index (χ3n) is 3.04. The number of hydrogen-bond acceptors (Lipinski definition) is 3. The van der Waals surface area contributed by atoms with Crippen LogP contribution in [0, 0.1) is 16.0 Å². The maximum absolute atomic E-state index is 10.9. The molecule has 1 aromatic rings. The van der Waals surface area contributed by atoms with Crippen LogP contribution < -0.4 is 5.32 Å². The van der Waals surface area contributed by atoms with Crippen molar-refractivity contribution in [2.45, 2.75) is 33.2 Å². The van der Waals surface area contributed by atoms with E-state index in [1.54, 1.807) is 6.07 Å². The minimum absolute atomic E-state index is 0.0598. The van der Waals surface area contributed by atoms with E-state index in [9.17, 15) is 10.1 Å². The standard InChI is InChI=1S/C12H17ClN2O2/c1-4-8(2)9(3)14-11-7-10(13)5-6-12(11)15(16)17/h5-9,14H,4H2,1-3H3. The SMILES string of the molecule is CCC(C)C(C)Nc1cc(Cl)ccc1[N+](=O)[O-]. The largest absolute Gasteiger partial charge is 0.377 e. The van der Waals surface area contributed by atoms with Gasteiger partial charge in [-0.15, -0.1) is 0 Å². The van der Waals surface area contributed by atoms with Gasteiger partial charge in [-0.2, -0.15) is 0 Å². The Morgan fingerprint density at radius 2 is 2.12 bits per heavy atom. The van der Waals surface area contributed by atoms with E-state index in [0.717, 1.165) is 6.42 Å². The third kappa shape index (κ3) is 3.60. The highest BCUT2D eigenvalue weighted by molar-refractivity contribution is 6.31. The zero-order chi connectivity index (χ0) is 13.0. The molecule has 0 radical (unpaired) electrons. The molecule has 0 aliphatic carbocycles. The summed E-state index contributed by atoms with van der Waals surface area (Å²) in [5.74, 6) is 0.439. The van der Waals surface area contributed by atoms with Crippen LogP contribution in [0.1, 0.15) is 27.2 Å². The molecule has 2 unspecified atom stereocenters. The predicted octanol–water partition coefficient (Wildman–Crippen LogP) is 4.09. The molecule has 0 aliphatic rings. The van der Waals surface area contributed by atoms with Gasteiger partial charge < -0.3 is 5.32 Å². The van der Waals surface area contributed by atoms with E-state index in [2.05, 4.69) is 19.2 Å². The van der Waals surface area contributed by atoms with Crippen LogP contribution in [-0.4, -0.2) is 11.0 Å². The predicted molar refractivity (Wildman–Crippen MR) is 70.6 cm³/mol. The summed E-state index contributed by atoms with van der Waals surface area (Å²) in [6.45, 7) is 6.21. The first kappa shape index (κ1) is 13.8. The van der Waals surface area contributed by atoms with E-state index in [1.807, 2.05) is 6.92 Å². The zero-order valence-electron chi connectivity index (χ0n) is 10.2. The first-order valence-electron chi connectivity index (χ1n) is 5.66. The van der Waals surface area contributed by atoms with E-state index < -0.39 is 4.92 Å². The molecule has 0 spiro atoms. The maximum Gasteiger partial charge on any atom is 0.292 e. The molecule has 0 bridgehead atoms. The third-order valence-corrected chi connectivity index (χ3v) is 3.27. The summed E-state index contributed by atoms with van der Waals surface area (Å²) in [6.07, 6.45) is 1.02. The Labute approximate surface area is 106 Å². The quantitative estimate of drug-likeness (QED) is 0.638. The minimum atomic E-state index is -0.401. The molecule has 0 heterocycles. The van der Waals surface area contributed by atoms with Gasteiger partial charge in [-0.3, -0.25) is 10.1 Å². The van der Waals surface area contributed by atoms with Gasteiger partial charge in [-0.1, -0.05) is 31.9 Å². The molecule has 94 valence electrons. The summed E-state index contributed by atoms with van der Waals surface area (Å²) in [5, 5.41) is 14.5. The normalized spacial score (nSPS) is 14.1. The fraction of sp³-hybridized carbons (Fsp3) is 0.500. The topological polar surface area (TPSA) is 55.2 Å². The van der Waals surface area contributed by atoms with Crippen LogP contribution in [-0.2, 0) is 0 Å². The van der Waals surface area contributed by atoms with Crippen LogP contribution in [0.15, 0.2) is 18.2 Å². The minimum Gasteiger partial charge on any atom is -0.377 e. The summed E-state index contributed by atoms with van der Waals surface area (Å²) in [7, 11) is 0. The number of halogens is 1. The van der Waals surface area contributed by atoms with Crippen molar-refractivity contribution in [2.75, 3.05) is 5.32 Å². The van der Waals surface area contributed by atoms with Gasteiger partial charge in [0, 0.05) is 17.1 Å². The van der Waals surface area contributed by atoms with E-state index in [1.165, 1.54) is 12.1 Å². The van der Waals surface area contributed by atoms with Crippen LogP contribution >= 0.6 is 11.6 Å². The Morgan fingerprint density at radius 3 is 2.65 bits per heavy atom. The fourth-order valence-corrected chi connectivity index (χ4v) is 1.70. The number of rotatable bonds is 5. The first-order chi connectivity index (χ1) is 7.95. The molecule has 2 atom stereocenters. The molecule has 1 rings (SSSR count). The van der Waals surface area contributed by atoms with Crippen molar-refractivity contribution >= 4 is 23.0 Å². The Morgan fingerprint density at radius 1 is 1.47 bits per heavy atom. The highest BCUT2D eigenvalue weighted by Crippen LogP contribution is 2.29. The summed E-state index contributed by atoms with van der Waals surface area (Å²) in [5.41, 5.74) is 0.542. The highest BCUT2D eigenvalue weighted by atomic mass is 35.5. The van der Waals surface area contributed by atoms with Gasteiger partial charge >= 0.3 is 0 Å². The summed E-state index contributed by atoms with van der Waals surface area (Å²) >= 11 is 5.86. The van der Waals surface area contributed by atoms with Gasteiger partial charge in [0.25, 0.3) is 5.69 Å². The molecule has 17 heavy (non-hydrogen) atoms. The Balaban J connectivity index is 2.96. The first-order valence-corrected chi connectivity index (χ1v) is 6.04. The summed E-state index contributed by atoms with van der Waals surface area (Å²) < 4.78 is 0. The average molecular weight is 257 g/mol. The van der Waals surface area contributed by atoms with Crippen molar-refractivity contribution in [3.8, 4) is 0 Å². The molecule has 0 fully saturated rings. The maximum atomic E-state index is 10.9. The zero-order valence-corrected chi connectivity index (χ0v) is 11.0. The second kappa shape index (κ2) is 5.87. The molecule has 4 nitrogen and oxygen atoms in total. The smallest absolute Gasteiger partial charge is 0.292 e. The van der Waals surface area contributed by atoms with Gasteiger partial charge in [0.2, 0.25) is 0 Å². The number of nitrogens with one attached hydrogen (secondary N) is 1. The number of benzene rings is 1. The lowest BCUT2D eigenvalue weighted by Gasteiger charge is -2.21. The molecule has 1 N–H and O–H groups in total. The molecule has 0 saturated carbocycles. The van der Waals surface area contributed by atoms with Crippen molar-refractivity contribution in [1.82, 2.24) is 0 Å². The highest BCUT2D eigenvalue weighted by Gasteiger charge is 2.17. The molecule has 0 amide bonds. The monoisotopic (exact) mass is 256 g/mol.